The van der Waals surface area contributed by atoms with E-state index in [4.69, 9.17) is 23.2 Å². The molecule has 1 amide bonds. The van der Waals surface area contributed by atoms with Crippen molar-refractivity contribution in [3.63, 3.8) is 0 Å². The van der Waals surface area contributed by atoms with E-state index in [0.29, 0.717) is 5.56 Å². The second-order valence-corrected chi connectivity index (χ2v) is 6.32. The van der Waals surface area contributed by atoms with Crippen LogP contribution in [-0.2, 0) is 17.0 Å². The van der Waals surface area contributed by atoms with Gasteiger partial charge >= 0.3 is 0 Å². The highest BCUT2D eigenvalue weighted by atomic mass is 35.5. The van der Waals surface area contributed by atoms with E-state index in [-0.39, 0.29) is 33.5 Å². The second kappa shape index (κ2) is 6.18. The third-order valence-corrected chi connectivity index (χ3v) is 4.67. The molecule has 3 N–H and O–H groups in total. The molecule has 2 aromatic carbocycles. The third kappa shape index (κ3) is 2.59. The Bertz CT molecular complexity index is 852. The van der Waals surface area contributed by atoms with Crippen molar-refractivity contribution in [2.45, 2.75) is 18.6 Å². The lowest BCUT2D eigenvalue weighted by Crippen LogP contribution is -2.37. The average molecular weight is 366 g/mol. The summed E-state index contributed by atoms with van der Waals surface area (Å²) in [5.74, 6) is -1.25. The molecule has 0 aromatic heterocycles. The van der Waals surface area contributed by atoms with Crippen molar-refractivity contribution in [3.8, 4) is 0 Å². The minimum atomic E-state index is -2.11. The lowest BCUT2D eigenvalue weighted by Gasteiger charge is -2.21. The number of carbonyl (C=O) groups excluding carboxylic acids is 2. The maximum Gasteiger partial charge on any atom is 0.261 e. The fourth-order valence-corrected chi connectivity index (χ4v) is 3.35. The summed E-state index contributed by atoms with van der Waals surface area (Å²) < 4.78 is 0. The summed E-state index contributed by atoms with van der Waals surface area (Å²) in [6.07, 6.45) is -0.511. The topological polar surface area (TPSA) is 86.6 Å². The van der Waals surface area contributed by atoms with Gasteiger partial charge in [-0.25, -0.2) is 0 Å². The van der Waals surface area contributed by atoms with Crippen LogP contribution in [0.15, 0.2) is 36.4 Å². The first-order valence-electron chi connectivity index (χ1n) is 7.12. The van der Waals surface area contributed by atoms with Gasteiger partial charge in [0.05, 0.1) is 23.7 Å². The molecule has 1 atom stereocenters. The zero-order chi connectivity index (χ0) is 17.5. The van der Waals surface area contributed by atoms with E-state index >= 15 is 0 Å². The standard InChI is InChI=1S/C17H13Cl2NO4/c18-11-5-6-12(19)15-14(11)17(24,16(23)20-15)7-13(22)10-4-2-1-3-9(10)8-21/h1-6,21,24H,7-8H2,(H,20,23). The van der Waals surface area contributed by atoms with Crippen molar-refractivity contribution in [1.82, 2.24) is 0 Å². The fraction of sp³-hybridized carbons (Fsp3) is 0.176. The molecule has 0 aliphatic carbocycles. The van der Waals surface area contributed by atoms with E-state index in [0.717, 1.165) is 0 Å². The largest absolute Gasteiger partial charge is 0.392 e. The van der Waals surface area contributed by atoms with E-state index in [1.807, 2.05) is 0 Å². The van der Waals surface area contributed by atoms with E-state index < -0.39 is 23.7 Å². The molecule has 7 heteroatoms. The number of benzene rings is 2. The Hall–Kier alpha value is -1.92. The molecule has 1 unspecified atom stereocenters. The Morgan fingerprint density at radius 1 is 1.12 bits per heavy atom. The highest BCUT2D eigenvalue weighted by Crippen LogP contribution is 2.46. The molecule has 0 saturated carbocycles. The van der Waals surface area contributed by atoms with Crippen molar-refractivity contribution >= 4 is 40.6 Å². The molecule has 0 saturated heterocycles. The summed E-state index contributed by atoms with van der Waals surface area (Å²) in [5.41, 5.74) is -1.15. The maximum atomic E-state index is 12.6. The normalized spacial score (nSPS) is 19.1. The predicted octanol–water partition coefficient (Wildman–Crippen LogP) is 2.90. The van der Waals surface area contributed by atoms with Crippen LogP contribution in [0.4, 0.5) is 5.69 Å². The van der Waals surface area contributed by atoms with Crippen LogP contribution in [0.1, 0.15) is 27.9 Å². The van der Waals surface area contributed by atoms with Crippen LogP contribution in [0, 0.1) is 0 Å². The Balaban J connectivity index is 2.03. The summed E-state index contributed by atoms with van der Waals surface area (Å²) in [7, 11) is 0. The molecule has 0 fully saturated rings. The van der Waals surface area contributed by atoms with E-state index in [1.54, 1.807) is 18.2 Å². The number of halogens is 2. The zero-order valence-corrected chi connectivity index (χ0v) is 13.9. The maximum absolute atomic E-state index is 12.6. The second-order valence-electron chi connectivity index (χ2n) is 5.51. The van der Waals surface area contributed by atoms with Crippen LogP contribution in [0.5, 0.6) is 0 Å². The first kappa shape index (κ1) is 16.9. The number of fused-ring (bicyclic) bond motifs is 1. The van der Waals surface area contributed by atoms with Crippen molar-refractivity contribution in [2.75, 3.05) is 5.32 Å². The Labute approximate surface area is 147 Å². The SMILES string of the molecule is O=C(CC1(O)C(=O)Nc2c(Cl)ccc(Cl)c21)c1ccccc1CO. The van der Waals surface area contributed by atoms with Gasteiger partial charge in [0.1, 0.15) is 0 Å². The summed E-state index contributed by atoms with van der Waals surface area (Å²) >= 11 is 12.2. The van der Waals surface area contributed by atoms with E-state index in [1.165, 1.54) is 18.2 Å². The highest BCUT2D eigenvalue weighted by Gasteiger charge is 2.49. The molecule has 0 spiro atoms. The van der Waals surface area contributed by atoms with Crippen LogP contribution in [0.3, 0.4) is 0 Å². The van der Waals surface area contributed by atoms with Gasteiger partial charge in [0.25, 0.3) is 5.91 Å². The predicted molar refractivity (Wildman–Crippen MR) is 90.3 cm³/mol. The van der Waals surface area contributed by atoms with Crippen molar-refractivity contribution in [1.29, 1.82) is 0 Å². The number of carbonyl (C=O) groups is 2. The average Bonchev–Trinajstić information content (AvgIpc) is 2.83. The lowest BCUT2D eigenvalue weighted by atomic mass is 9.87. The van der Waals surface area contributed by atoms with Gasteiger partial charge in [-0.1, -0.05) is 47.5 Å². The number of amides is 1. The number of hydrogen-bond acceptors (Lipinski definition) is 4. The van der Waals surface area contributed by atoms with Gasteiger partial charge in [0.15, 0.2) is 11.4 Å². The minimum absolute atomic E-state index is 0.0940. The molecule has 3 rings (SSSR count). The van der Waals surface area contributed by atoms with Crippen molar-refractivity contribution in [2.24, 2.45) is 0 Å². The van der Waals surface area contributed by atoms with Gasteiger partial charge in [0, 0.05) is 16.1 Å². The number of aliphatic hydroxyl groups excluding tert-OH is 1. The van der Waals surface area contributed by atoms with Crippen molar-refractivity contribution in [3.05, 3.63) is 63.1 Å². The van der Waals surface area contributed by atoms with E-state index in [2.05, 4.69) is 5.32 Å². The summed E-state index contributed by atoms with van der Waals surface area (Å²) in [5, 5.41) is 23.1. The van der Waals surface area contributed by atoms with Gasteiger partial charge < -0.3 is 15.5 Å². The van der Waals surface area contributed by atoms with Crippen LogP contribution in [-0.4, -0.2) is 21.9 Å². The molecule has 2 aromatic rings. The van der Waals surface area contributed by atoms with Gasteiger partial charge in [-0.15, -0.1) is 0 Å². The molecule has 1 heterocycles. The Morgan fingerprint density at radius 2 is 1.79 bits per heavy atom. The van der Waals surface area contributed by atoms with Crippen LogP contribution in [0.2, 0.25) is 10.0 Å². The van der Waals surface area contributed by atoms with Crippen LogP contribution < -0.4 is 5.32 Å². The van der Waals surface area contributed by atoms with Crippen LogP contribution >= 0.6 is 23.2 Å². The number of rotatable bonds is 4. The first-order valence-corrected chi connectivity index (χ1v) is 7.88. The van der Waals surface area contributed by atoms with Crippen molar-refractivity contribution < 1.29 is 19.8 Å². The number of nitrogens with one attached hydrogen (secondary N) is 1. The smallest absolute Gasteiger partial charge is 0.261 e. The summed E-state index contributed by atoms with van der Waals surface area (Å²) in [6.45, 7) is -0.324. The minimum Gasteiger partial charge on any atom is -0.392 e. The number of anilines is 1. The summed E-state index contributed by atoms with van der Waals surface area (Å²) in [6, 6.07) is 9.42. The van der Waals surface area contributed by atoms with E-state index in [9.17, 15) is 19.8 Å². The molecule has 5 nitrogen and oxygen atoms in total. The van der Waals surface area contributed by atoms with Crippen LogP contribution in [0.25, 0.3) is 0 Å². The molecular formula is C17H13Cl2NO4. The number of ketones is 1. The number of hydrogen-bond donors (Lipinski definition) is 3. The Morgan fingerprint density at radius 3 is 2.50 bits per heavy atom. The first-order chi connectivity index (χ1) is 11.4. The molecule has 0 bridgehead atoms. The molecule has 24 heavy (non-hydrogen) atoms. The summed E-state index contributed by atoms with van der Waals surface area (Å²) in [4.78, 5) is 24.9. The third-order valence-electron chi connectivity index (χ3n) is 4.04. The number of aliphatic hydroxyl groups is 2. The fourth-order valence-electron chi connectivity index (χ4n) is 2.84. The molecule has 1 aliphatic rings. The molecular weight excluding hydrogens is 353 g/mol. The quantitative estimate of drug-likeness (QED) is 0.727. The van der Waals surface area contributed by atoms with Gasteiger partial charge in [0.2, 0.25) is 0 Å². The number of Topliss-reactive ketones (excluding diaryl/α,β-unsaturated/α-hetero) is 1. The highest BCUT2D eigenvalue weighted by molar-refractivity contribution is 6.38. The Kier molecular flexibility index (Phi) is 4.36. The molecule has 0 radical (unpaired) electrons. The molecule has 1 aliphatic heterocycles. The molecule has 124 valence electrons. The monoisotopic (exact) mass is 365 g/mol. The lowest BCUT2D eigenvalue weighted by molar-refractivity contribution is -0.133. The van der Waals surface area contributed by atoms with Gasteiger partial charge in [-0.05, 0) is 17.7 Å². The zero-order valence-electron chi connectivity index (χ0n) is 12.3. The van der Waals surface area contributed by atoms with Gasteiger partial charge in [-0.2, -0.15) is 0 Å². The van der Waals surface area contributed by atoms with Gasteiger partial charge in [-0.3, -0.25) is 9.59 Å².